The molecule has 0 saturated carbocycles. The number of hydrogen-bond acceptors (Lipinski definition) is 4. The number of hydrogen-bond donors (Lipinski definition) is 2. The van der Waals surface area contributed by atoms with Crippen molar-refractivity contribution in [1.29, 1.82) is 0 Å². The van der Waals surface area contributed by atoms with E-state index in [0.717, 1.165) is 32.8 Å². The Labute approximate surface area is 123 Å². The maximum Gasteiger partial charge on any atom is 0.335 e. The van der Waals surface area contributed by atoms with E-state index in [1.165, 1.54) is 18.2 Å². The Kier molecular flexibility index (Phi) is 5.67. The maximum absolute atomic E-state index is 13.7. The maximum atomic E-state index is 13.7. The van der Waals surface area contributed by atoms with Gasteiger partial charge in [0.05, 0.1) is 18.8 Å². The van der Waals surface area contributed by atoms with E-state index in [0.29, 0.717) is 12.1 Å². The van der Waals surface area contributed by atoms with Crippen LogP contribution >= 0.6 is 0 Å². The lowest BCUT2D eigenvalue weighted by molar-refractivity contribution is 0.0343. The van der Waals surface area contributed by atoms with Crippen molar-refractivity contribution >= 4 is 5.97 Å². The zero-order valence-corrected chi connectivity index (χ0v) is 12.1. The summed E-state index contributed by atoms with van der Waals surface area (Å²) in [5.74, 6) is -1.43. The molecule has 0 radical (unpaired) electrons. The van der Waals surface area contributed by atoms with Gasteiger partial charge in [0, 0.05) is 37.8 Å². The highest BCUT2D eigenvalue weighted by atomic mass is 19.1. The summed E-state index contributed by atoms with van der Waals surface area (Å²) >= 11 is 0. The number of morpholine rings is 1. The fourth-order valence-corrected chi connectivity index (χ4v) is 2.36. The highest BCUT2D eigenvalue weighted by Gasteiger charge is 2.14. The molecule has 1 aromatic carbocycles. The Morgan fingerprint density at radius 2 is 2.19 bits per heavy atom. The van der Waals surface area contributed by atoms with Crippen LogP contribution in [0.2, 0.25) is 0 Å². The Hall–Kier alpha value is -1.50. The van der Waals surface area contributed by atoms with E-state index in [9.17, 15) is 9.18 Å². The second-order valence-corrected chi connectivity index (χ2v) is 5.31. The zero-order valence-electron chi connectivity index (χ0n) is 12.1. The van der Waals surface area contributed by atoms with E-state index >= 15 is 0 Å². The van der Waals surface area contributed by atoms with Gasteiger partial charge in [-0.3, -0.25) is 4.90 Å². The number of nitrogens with zero attached hydrogens (tertiary/aromatic N) is 1. The minimum absolute atomic E-state index is 0.106. The first kappa shape index (κ1) is 15.9. The Bertz CT molecular complexity index is 490. The lowest BCUT2D eigenvalue weighted by Gasteiger charge is -2.29. The molecule has 1 heterocycles. The van der Waals surface area contributed by atoms with Gasteiger partial charge in [-0.05, 0) is 25.1 Å². The zero-order chi connectivity index (χ0) is 15.2. The number of rotatable bonds is 6. The van der Waals surface area contributed by atoms with Crippen molar-refractivity contribution in [3.8, 4) is 0 Å². The summed E-state index contributed by atoms with van der Waals surface area (Å²) in [6.45, 7) is 6.55. The second-order valence-electron chi connectivity index (χ2n) is 5.31. The molecular weight excluding hydrogens is 275 g/mol. The predicted octanol–water partition coefficient (Wildman–Crippen LogP) is 1.33. The van der Waals surface area contributed by atoms with Crippen LogP contribution in [0.25, 0.3) is 0 Å². The van der Waals surface area contributed by atoms with Crippen LogP contribution < -0.4 is 5.32 Å². The lowest BCUT2D eigenvalue weighted by Crippen LogP contribution is -2.44. The van der Waals surface area contributed by atoms with Gasteiger partial charge in [-0.15, -0.1) is 0 Å². The summed E-state index contributed by atoms with van der Waals surface area (Å²) < 4.78 is 19.0. The quantitative estimate of drug-likeness (QED) is 0.829. The molecule has 1 unspecified atom stereocenters. The van der Waals surface area contributed by atoms with Gasteiger partial charge in [0.2, 0.25) is 0 Å². The van der Waals surface area contributed by atoms with Gasteiger partial charge in [-0.2, -0.15) is 0 Å². The molecule has 6 heteroatoms. The minimum Gasteiger partial charge on any atom is -0.478 e. The Balaban J connectivity index is 1.86. The molecule has 116 valence electrons. The van der Waals surface area contributed by atoms with Crippen LogP contribution in [0.15, 0.2) is 18.2 Å². The van der Waals surface area contributed by atoms with Crippen LogP contribution in [-0.4, -0.2) is 54.9 Å². The highest BCUT2D eigenvalue weighted by molar-refractivity contribution is 5.87. The topological polar surface area (TPSA) is 61.8 Å². The van der Waals surface area contributed by atoms with E-state index in [2.05, 4.69) is 10.2 Å². The van der Waals surface area contributed by atoms with E-state index in [1.807, 2.05) is 6.92 Å². The molecule has 0 amide bonds. The third-order valence-electron chi connectivity index (χ3n) is 3.57. The van der Waals surface area contributed by atoms with Gasteiger partial charge in [-0.25, -0.2) is 9.18 Å². The first-order valence-corrected chi connectivity index (χ1v) is 7.11. The lowest BCUT2D eigenvalue weighted by atomic mass is 10.1. The predicted molar refractivity (Wildman–Crippen MR) is 76.9 cm³/mol. The summed E-state index contributed by atoms with van der Waals surface area (Å²) in [7, 11) is 0. The molecule has 1 fully saturated rings. The monoisotopic (exact) mass is 296 g/mol. The average Bonchev–Trinajstić information content (AvgIpc) is 2.47. The number of benzene rings is 1. The van der Waals surface area contributed by atoms with E-state index in [-0.39, 0.29) is 17.4 Å². The summed E-state index contributed by atoms with van der Waals surface area (Å²) in [6, 6.07) is 4.05. The van der Waals surface area contributed by atoms with Gasteiger partial charge >= 0.3 is 5.97 Å². The number of nitrogens with one attached hydrogen (secondary N) is 1. The van der Waals surface area contributed by atoms with Gasteiger partial charge < -0.3 is 15.2 Å². The summed E-state index contributed by atoms with van der Waals surface area (Å²) in [5.41, 5.74) is 0.484. The van der Waals surface area contributed by atoms with Crippen molar-refractivity contribution in [2.75, 3.05) is 32.8 Å². The van der Waals surface area contributed by atoms with Crippen molar-refractivity contribution in [3.63, 3.8) is 0 Å². The molecule has 0 aromatic heterocycles. The third-order valence-corrected chi connectivity index (χ3v) is 3.57. The fourth-order valence-electron chi connectivity index (χ4n) is 2.36. The molecule has 5 nitrogen and oxygen atoms in total. The van der Waals surface area contributed by atoms with Gasteiger partial charge in [0.25, 0.3) is 0 Å². The van der Waals surface area contributed by atoms with Crippen molar-refractivity contribution in [2.45, 2.75) is 19.5 Å². The van der Waals surface area contributed by atoms with Crippen molar-refractivity contribution in [3.05, 3.63) is 35.1 Å². The molecule has 0 bridgehead atoms. The standard InChI is InChI=1S/C15H21FN2O3/c1-11(10-18-4-6-21-7-5-18)17-9-13-8-12(15(19)20)2-3-14(13)16/h2-3,8,11,17H,4-7,9-10H2,1H3,(H,19,20). The molecule has 1 aliphatic heterocycles. The minimum atomic E-state index is -1.04. The normalized spacial score (nSPS) is 17.6. The molecule has 1 aliphatic rings. The van der Waals surface area contributed by atoms with Crippen LogP contribution in [0.3, 0.4) is 0 Å². The largest absolute Gasteiger partial charge is 0.478 e. The number of carboxylic acid groups (broad SMARTS) is 1. The second kappa shape index (κ2) is 7.49. The van der Waals surface area contributed by atoms with E-state index < -0.39 is 5.97 Å². The van der Waals surface area contributed by atoms with Crippen LogP contribution in [0.5, 0.6) is 0 Å². The van der Waals surface area contributed by atoms with Crippen LogP contribution in [-0.2, 0) is 11.3 Å². The number of halogens is 1. The smallest absolute Gasteiger partial charge is 0.335 e. The molecular formula is C15H21FN2O3. The highest BCUT2D eigenvalue weighted by Crippen LogP contribution is 2.11. The molecule has 1 saturated heterocycles. The molecule has 2 N–H and O–H groups in total. The van der Waals surface area contributed by atoms with Crippen molar-refractivity contribution in [2.24, 2.45) is 0 Å². The van der Waals surface area contributed by atoms with Gasteiger partial charge in [-0.1, -0.05) is 0 Å². The molecule has 1 aromatic rings. The molecule has 1 atom stereocenters. The number of carboxylic acids is 1. The van der Waals surface area contributed by atoms with Crippen LogP contribution in [0, 0.1) is 5.82 Å². The molecule has 0 spiro atoms. The molecule has 2 rings (SSSR count). The van der Waals surface area contributed by atoms with E-state index in [1.54, 1.807) is 0 Å². The first-order chi connectivity index (χ1) is 10.1. The first-order valence-electron chi connectivity index (χ1n) is 7.11. The molecule has 21 heavy (non-hydrogen) atoms. The van der Waals surface area contributed by atoms with Crippen molar-refractivity contribution in [1.82, 2.24) is 10.2 Å². The SMILES string of the molecule is CC(CN1CCOCC1)NCc1cc(C(=O)O)ccc1F. The van der Waals surface area contributed by atoms with Crippen LogP contribution in [0.1, 0.15) is 22.8 Å². The summed E-state index contributed by atoms with van der Waals surface area (Å²) in [6.07, 6.45) is 0. The fraction of sp³-hybridized carbons (Fsp3) is 0.533. The van der Waals surface area contributed by atoms with Crippen molar-refractivity contribution < 1.29 is 19.0 Å². The number of aromatic carboxylic acids is 1. The number of carbonyl (C=O) groups is 1. The number of ether oxygens (including phenoxy) is 1. The van der Waals surface area contributed by atoms with E-state index in [4.69, 9.17) is 9.84 Å². The van der Waals surface area contributed by atoms with Gasteiger partial charge in [0.15, 0.2) is 0 Å². The summed E-state index contributed by atoms with van der Waals surface area (Å²) in [5, 5.41) is 12.2. The Morgan fingerprint density at radius 1 is 1.48 bits per heavy atom. The third kappa shape index (κ3) is 4.77. The average molecular weight is 296 g/mol. The summed E-state index contributed by atoms with van der Waals surface area (Å²) in [4.78, 5) is 13.2. The van der Waals surface area contributed by atoms with Gasteiger partial charge in [0.1, 0.15) is 5.82 Å². The van der Waals surface area contributed by atoms with Crippen LogP contribution in [0.4, 0.5) is 4.39 Å². The molecule has 0 aliphatic carbocycles. The Morgan fingerprint density at radius 3 is 2.86 bits per heavy atom.